The summed E-state index contributed by atoms with van der Waals surface area (Å²) < 4.78 is 10.9. The van der Waals surface area contributed by atoms with Gasteiger partial charge in [0.2, 0.25) is 0 Å². The maximum Gasteiger partial charge on any atom is 0.191 e. The van der Waals surface area contributed by atoms with Crippen molar-refractivity contribution in [2.75, 3.05) is 40.0 Å². The molecule has 0 radical (unpaired) electrons. The Hall–Kier alpha value is -1.06. The molecule has 0 amide bonds. The number of methoxy groups -OCH3 is 1. The lowest BCUT2D eigenvalue weighted by atomic mass is 9.81. The number of benzene rings is 1. The lowest BCUT2D eigenvalue weighted by Gasteiger charge is -2.36. The summed E-state index contributed by atoms with van der Waals surface area (Å²) in [5.41, 5.74) is 2.09. The van der Waals surface area contributed by atoms with E-state index in [1.54, 1.807) is 7.11 Å². The number of halogens is 1. The smallest absolute Gasteiger partial charge is 0.191 e. The predicted molar refractivity (Wildman–Crippen MR) is 116 cm³/mol. The van der Waals surface area contributed by atoms with Crippen molar-refractivity contribution in [2.45, 2.75) is 33.2 Å². The Morgan fingerprint density at radius 1 is 1.31 bits per heavy atom. The molecule has 1 aromatic carbocycles. The molecule has 1 aliphatic heterocycles. The first-order valence-corrected chi connectivity index (χ1v) is 8.97. The number of ether oxygens (including phenoxy) is 2. The van der Waals surface area contributed by atoms with E-state index in [1.807, 2.05) is 19.9 Å². The fraction of sp³-hybridized carbons (Fsp3) is 0.632. The number of nitrogens with one attached hydrogen (secondary N) is 2. The van der Waals surface area contributed by atoms with Crippen LogP contribution in [-0.2, 0) is 11.3 Å². The van der Waals surface area contributed by atoms with E-state index in [1.165, 1.54) is 5.56 Å². The van der Waals surface area contributed by atoms with Crippen LogP contribution in [0.25, 0.3) is 0 Å². The Morgan fingerprint density at radius 3 is 2.65 bits per heavy atom. The molecule has 2 rings (SSSR count). The van der Waals surface area contributed by atoms with Gasteiger partial charge in [0.1, 0.15) is 5.75 Å². The monoisotopic (exact) mass is 477 g/mol. The first-order valence-electron chi connectivity index (χ1n) is 8.97. The van der Waals surface area contributed by atoms with E-state index in [9.17, 15) is 5.11 Å². The van der Waals surface area contributed by atoms with Gasteiger partial charge < -0.3 is 25.2 Å². The highest BCUT2D eigenvalue weighted by atomic mass is 127. The first-order chi connectivity index (χ1) is 12.1. The van der Waals surface area contributed by atoms with Gasteiger partial charge in [0, 0.05) is 37.3 Å². The van der Waals surface area contributed by atoms with Crippen molar-refractivity contribution < 1.29 is 14.6 Å². The van der Waals surface area contributed by atoms with Crippen molar-refractivity contribution in [3.05, 3.63) is 29.3 Å². The first kappa shape index (κ1) is 23.0. The van der Waals surface area contributed by atoms with Crippen molar-refractivity contribution in [2.24, 2.45) is 10.4 Å². The van der Waals surface area contributed by atoms with Gasteiger partial charge in [-0.2, -0.15) is 0 Å². The minimum Gasteiger partial charge on any atom is -0.496 e. The van der Waals surface area contributed by atoms with Gasteiger partial charge in [0.25, 0.3) is 0 Å². The SMILES string of the molecule is CCNC(=NCc1ccc(C)cc1OC)NCC1(CO)CCOCC1.I. The van der Waals surface area contributed by atoms with Gasteiger partial charge in [-0.25, -0.2) is 4.99 Å². The molecule has 0 saturated carbocycles. The molecule has 0 atom stereocenters. The normalized spacial score (nSPS) is 16.5. The average molecular weight is 477 g/mol. The third-order valence-electron chi connectivity index (χ3n) is 4.71. The third-order valence-corrected chi connectivity index (χ3v) is 4.71. The molecule has 0 aliphatic carbocycles. The lowest BCUT2D eigenvalue weighted by Crippen LogP contribution is -2.47. The molecular weight excluding hydrogens is 445 g/mol. The number of guanidine groups is 1. The second-order valence-electron chi connectivity index (χ2n) is 6.63. The van der Waals surface area contributed by atoms with E-state index in [4.69, 9.17) is 9.47 Å². The zero-order valence-electron chi connectivity index (χ0n) is 16.0. The molecule has 0 aromatic heterocycles. The minimum atomic E-state index is -0.129. The van der Waals surface area contributed by atoms with Gasteiger partial charge in [-0.15, -0.1) is 24.0 Å². The van der Waals surface area contributed by atoms with E-state index >= 15 is 0 Å². The molecule has 1 aromatic rings. The predicted octanol–water partition coefficient (Wildman–Crippen LogP) is 2.47. The van der Waals surface area contributed by atoms with Crippen LogP contribution in [0.4, 0.5) is 0 Å². The van der Waals surface area contributed by atoms with Crippen LogP contribution in [0.3, 0.4) is 0 Å². The van der Waals surface area contributed by atoms with Crippen LogP contribution < -0.4 is 15.4 Å². The second kappa shape index (κ2) is 11.6. The molecule has 1 heterocycles. The van der Waals surface area contributed by atoms with Crippen molar-refractivity contribution in [3.63, 3.8) is 0 Å². The van der Waals surface area contributed by atoms with E-state index < -0.39 is 0 Å². The third kappa shape index (κ3) is 6.59. The Kier molecular flexibility index (Phi) is 10.3. The molecule has 7 heteroatoms. The molecule has 26 heavy (non-hydrogen) atoms. The second-order valence-corrected chi connectivity index (χ2v) is 6.63. The number of aryl methyl sites for hydroxylation is 1. The number of aliphatic hydroxyl groups is 1. The van der Waals surface area contributed by atoms with Crippen molar-refractivity contribution in [1.82, 2.24) is 10.6 Å². The topological polar surface area (TPSA) is 75.1 Å². The summed E-state index contributed by atoms with van der Waals surface area (Å²) >= 11 is 0. The summed E-state index contributed by atoms with van der Waals surface area (Å²) in [5, 5.41) is 16.5. The fourth-order valence-electron chi connectivity index (χ4n) is 2.95. The summed E-state index contributed by atoms with van der Waals surface area (Å²) in [4.78, 5) is 4.67. The van der Waals surface area contributed by atoms with E-state index in [0.29, 0.717) is 26.3 Å². The molecule has 148 valence electrons. The van der Waals surface area contributed by atoms with Gasteiger partial charge >= 0.3 is 0 Å². The van der Waals surface area contributed by atoms with Crippen LogP contribution in [0.5, 0.6) is 5.75 Å². The summed E-state index contributed by atoms with van der Waals surface area (Å²) in [6.45, 7) is 7.66. The Labute approximate surface area is 173 Å². The van der Waals surface area contributed by atoms with Crippen molar-refractivity contribution in [3.8, 4) is 5.75 Å². The van der Waals surface area contributed by atoms with Gasteiger partial charge in [-0.1, -0.05) is 12.1 Å². The van der Waals surface area contributed by atoms with Crippen LogP contribution >= 0.6 is 24.0 Å². The quantitative estimate of drug-likeness (QED) is 0.320. The van der Waals surface area contributed by atoms with Crippen LogP contribution in [0.2, 0.25) is 0 Å². The Balaban J connectivity index is 0.00000338. The summed E-state index contributed by atoms with van der Waals surface area (Å²) in [6, 6.07) is 6.14. The van der Waals surface area contributed by atoms with Gasteiger partial charge in [-0.3, -0.25) is 0 Å². The van der Waals surface area contributed by atoms with Crippen LogP contribution in [0, 0.1) is 12.3 Å². The summed E-state index contributed by atoms with van der Waals surface area (Å²) in [5.74, 6) is 1.61. The molecule has 3 N–H and O–H groups in total. The summed E-state index contributed by atoms with van der Waals surface area (Å²) in [7, 11) is 1.68. The average Bonchev–Trinajstić information content (AvgIpc) is 2.65. The number of nitrogens with zero attached hydrogens (tertiary/aromatic N) is 1. The maximum absolute atomic E-state index is 9.81. The molecule has 0 unspecified atom stereocenters. The van der Waals surface area contributed by atoms with Crippen LogP contribution in [0.1, 0.15) is 30.9 Å². The number of hydrogen-bond donors (Lipinski definition) is 3. The molecule has 0 spiro atoms. The summed E-state index contributed by atoms with van der Waals surface area (Å²) in [6.07, 6.45) is 1.73. The maximum atomic E-state index is 9.81. The number of rotatable bonds is 7. The Bertz CT molecular complexity index is 575. The number of aliphatic imine (C=N–C) groups is 1. The fourth-order valence-corrected chi connectivity index (χ4v) is 2.95. The van der Waals surface area contributed by atoms with Crippen LogP contribution in [0.15, 0.2) is 23.2 Å². The van der Waals surface area contributed by atoms with Crippen LogP contribution in [-0.4, -0.2) is 51.1 Å². The number of aliphatic hydroxyl groups excluding tert-OH is 1. The minimum absolute atomic E-state index is 0. The largest absolute Gasteiger partial charge is 0.496 e. The molecule has 1 fully saturated rings. The van der Waals surface area contributed by atoms with Gasteiger partial charge in [-0.05, 0) is 38.3 Å². The van der Waals surface area contributed by atoms with Crippen molar-refractivity contribution in [1.29, 1.82) is 0 Å². The van der Waals surface area contributed by atoms with Crippen molar-refractivity contribution >= 4 is 29.9 Å². The zero-order chi connectivity index (χ0) is 18.1. The molecule has 1 aliphatic rings. The molecular formula is C19H32IN3O3. The highest BCUT2D eigenvalue weighted by Crippen LogP contribution is 2.29. The Morgan fingerprint density at radius 2 is 2.04 bits per heavy atom. The van der Waals surface area contributed by atoms with E-state index in [2.05, 4.69) is 27.8 Å². The zero-order valence-corrected chi connectivity index (χ0v) is 18.3. The van der Waals surface area contributed by atoms with E-state index in [0.717, 1.165) is 36.7 Å². The highest BCUT2D eigenvalue weighted by Gasteiger charge is 2.32. The standard InChI is InChI=1S/C19H31N3O3.HI/c1-4-20-18(22-13-19(14-23)7-9-25-10-8-19)21-12-16-6-5-15(2)11-17(16)24-3;/h5-6,11,23H,4,7-10,12-14H2,1-3H3,(H2,20,21,22);1H. The number of hydrogen-bond acceptors (Lipinski definition) is 4. The molecule has 0 bridgehead atoms. The van der Waals surface area contributed by atoms with E-state index in [-0.39, 0.29) is 36.0 Å². The molecule has 6 nitrogen and oxygen atoms in total. The lowest BCUT2D eigenvalue weighted by molar-refractivity contribution is -0.0131. The van der Waals surface area contributed by atoms with Gasteiger partial charge in [0.05, 0.1) is 20.3 Å². The molecule has 1 saturated heterocycles. The van der Waals surface area contributed by atoms with Gasteiger partial charge in [0.15, 0.2) is 5.96 Å². The highest BCUT2D eigenvalue weighted by molar-refractivity contribution is 14.0.